The molecule has 3 aromatic rings. The molecule has 130 valence electrons. The van der Waals surface area contributed by atoms with E-state index in [2.05, 4.69) is 29.3 Å². The fourth-order valence-electron chi connectivity index (χ4n) is 3.78. The van der Waals surface area contributed by atoms with Crippen LogP contribution in [0.15, 0.2) is 60.7 Å². The molecule has 1 aliphatic carbocycles. The molecule has 1 heterocycles. The van der Waals surface area contributed by atoms with E-state index in [-0.39, 0.29) is 17.4 Å². The van der Waals surface area contributed by atoms with E-state index in [1.54, 1.807) is 0 Å². The average molecular weight is 344 g/mol. The Balaban J connectivity index is 1.99. The van der Waals surface area contributed by atoms with E-state index in [0.717, 1.165) is 45.8 Å². The Labute approximate surface area is 151 Å². The first-order valence-corrected chi connectivity index (χ1v) is 8.88. The highest BCUT2D eigenvalue weighted by Gasteiger charge is 2.26. The highest BCUT2D eigenvalue weighted by molar-refractivity contribution is 5.67. The molecule has 0 saturated heterocycles. The highest BCUT2D eigenvalue weighted by Crippen LogP contribution is 2.30. The zero-order chi connectivity index (χ0) is 17.9. The van der Waals surface area contributed by atoms with Crippen molar-refractivity contribution in [3.8, 4) is 11.3 Å². The third kappa shape index (κ3) is 3.06. The normalized spacial score (nSPS) is 14.0. The Bertz CT molecular complexity index is 1040. The summed E-state index contributed by atoms with van der Waals surface area (Å²) >= 11 is 0. The third-order valence-electron chi connectivity index (χ3n) is 4.92. The van der Waals surface area contributed by atoms with Gasteiger partial charge in [0, 0.05) is 10.3 Å². The number of aromatic amines is 1. The topological polar surface area (TPSA) is 58.9 Å². The van der Waals surface area contributed by atoms with Gasteiger partial charge in [0.1, 0.15) is 0 Å². The molecule has 0 amide bonds. The van der Waals surface area contributed by atoms with Crippen molar-refractivity contribution in [1.82, 2.24) is 4.98 Å². The van der Waals surface area contributed by atoms with Gasteiger partial charge in [-0.05, 0) is 34.8 Å². The van der Waals surface area contributed by atoms with Gasteiger partial charge in [-0.3, -0.25) is 10.1 Å². The van der Waals surface area contributed by atoms with E-state index in [1.165, 1.54) is 0 Å². The van der Waals surface area contributed by atoms with Crippen molar-refractivity contribution < 1.29 is 4.92 Å². The lowest BCUT2D eigenvalue weighted by Gasteiger charge is -2.15. The van der Waals surface area contributed by atoms with Crippen LogP contribution >= 0.6 is 0 Å². The molecule has 1 aromatic heterocycles. The number of hydrogen-bond donors (Lipinski definition) is 1. The van der Waals surface area contributed by atoms with Crippen molar-refractivity contribution in [2.75, 3.05) is 6.54 Å². The maximum atomic E-state index is 11.5. The summed E-state index contributed by atoms with van der Waals surface area (Å²) in [6.07, 6.45) is 6.36. The molecule has 0 fully saturated rings. The first-order valence-electron chi connectivity index (χ1n) is 8.88. The van der Waals surface area contributed by atoms with Gasteiger partial charge in [0.2, 0.25) is 6.54 Å². The number of aromatic nitrogens is 1. The molecule has 1 atom stereocenters. The Morgan fingerprint density at radius 1 is 0.962 bits per heavy atom. The molecule has 4 nitrogen and oxygen atoms in total. The van der Waals surface area contributed by atoms with E-state index in [1.807, 2.05) is 48.5 Å². The Morgan fingerprint density at radius 3 is 2.31 bits per heavy atom. The minimum absolute atomic E-state index is 0.123. The van der Waals surface area contributed by atoms with Crippen LogP contribution in [0.4, 0.5) is 0 Å². The Hall–Kier alpha value is -3.14. The summed E-state index contributed by atoms with van der Waals surface area (Å²) in [6.45, 7) is -0.123. The van der Waals surface area contributed by atoms with Crippen LogP contribution in [-0.2, 0) is 0 Å². The number of nitrogens with zero attached hydrogens (tertiary/aromatic N) is 1. The second-order valence-electron chi connectivity index (χ2n) is 6.57. The molecule has 1 N–H and O–H groups in total. The van der Waals surface area contributed by atoms with Gasteiger partial charge in [0.25, 0.3) is 0 Å². The number of fused-ring (bicyclic) bond motifs is 1. The molecule has 2 aromatic carbocycles. The molecule has 26 heavy (non-hydrogen) atoms. The molecule has 0 spiro atoms. The number of rotatable bonds is 5. The number of nitrogens with one attached hydrogen (secondary N) is 1. The number of hydrogen-bond acceptors (Lipinski definition) is 2. The van der Waals surface area contributed by atoms with Crippen LogP contribution in [0.5, 0.6) is 0 Å². The smallest absolute Gasteiger partial charge is 0.214 e. The van der Waals surface area contributed by atoms with Crippen molar-refractivity contribution in [2.45, 2.75) is 18.8 Å². The molecule has 4 heteroatoms. The summed E-state index contributed by atoms with van der Waals surface area (Å²) in [4.78, 5) is 14.8. The molecular weight excluding hydrogens is 324 g/mol. The molecule has 4 rings (SSSR count). The third-order valence-corrected chi connectivity index (χ3v) is 4.92. The van der Waals surface area contributed by atoms with Crippen LogP contribution in [0.3, 0.4) is 0 Å². The molecule has 1 unspecified atom stereocenters. The van der Waals surface area contributed by atoms with Crippen molar-refractivity contribution in [1.29, 1.82) is 0 Å². The van der Waals surface area contributed by atoms with Crippen molar-refractivity contribution >= 4 is 12.2 Å². The van der Waals surface area contributed by atoms with E-state index < -0.39 is 0 Å². The molecule has 0 saturated carbocycles. The average Bonchev–Trinajstić information content (AvgIpc) is 3.07. The lowest BCUT2D eigenvalue weighted by atomic mass is 9.88. The van der Waals surface area contributed by atoms with Crippen LogP contribution < -0.4 is 10.6 Å². The van der Waals surface area contributed by atoms with Gasteiger partial charge in [0.15, 0.2) is 0 Å². The van der Waals surface area contributed by atoms with E-state index in [9.17, 15) is 10.1 Å². The van der Waals surface area contributed by atoms with Gasteiger partial charge < -0.3 is 4.98 Å². The fourth-order valence-corrected chi connectivity index (χ4v) is 3.78. The van der Waals surface area contributed by atoms with Crippen molar-refractivity contribution in [3.63, 3.8) is 0 Å². The molecule has 0 aliphatic heterocycles. The molecule has 0 radical (unpaired) electrons. The quantitative estimate of drug-likeness (QED) is 0.569. The van der Waals surface area contributed by atoms with Crippen LogP contribution in [0.2, 0.25) is 0 Å². The summed E-state index contributed by atoms with van der Waals surface area (Å²) in [6, 6.07) is 19.9. The van der Waals surface area contributed by atoms with Gasteiger partial charge >= 0.3 is 0 Å². The predicted molar refractivity (Wildman–Crippen MR) is 104 cm³/mol. The summed E-state index contributed by atoms with van der Waals surface area (Å²) in [7, 11) is 0. The second kappa shape index (κ2) is 7.00. The highest BCUT2D eigenvalue weighted by atomic mass is 16.6. The van der Waals surface area contributed by atoms with Gasteiger partial charge in [-0.25, -0.2) is 0 Å². The van der Waals surface area contributed by atoms with Crippen molar-refractivity contribution in [3.05, 3.63) is 92.5 Å². The standard InChI is InChI=1S/C22H20N2O2/c25-24(26)15-19(16-9-3-1-4-10-16)21-18-13-7-8-14-20(18)23-22(21)17-11-5-2-6-12-17/h1-6,9-14,19,23H,7-8,15H2. The zero-order valence-electron chi connectivity index (χ0n) is 14.4. The van der Waals surface area contributed by atoms with E-state index in [4.69, 9.17) is 0 Å². The monoisotopic (exact) mass is 344 g/mol. The lowest BCUT2D eigenvalue weighted by molar-refractivity contribution is -0.481. The summed E-state index contributed by atoms with van der Waals surface area (Å²) in [5.41, 5.74) is 4.05. The molecule has 0 bridgehead atoms. The van der Waals surface area contributed by atoms with Gasteiger partial charge in [0.05, 0.1) is 11.6 Å². The maximum Gasteiger partial charge on any atom is 0.214 e. The maximum absolute atomic E-state index is 11.5. The lowest BCUT2D eigenvalue weighted by Crippen LogP contribution is -2.30. The summed E-state index contributed by atoms with van der Waals surface area (Å²) in [5.74, 6) is -0.288. The SMILES string of the molecule is O=[N+]([O-])CC(c1ccccc1)c1c(-c2ccccc2)[nH]c2c1=CCCC=2. The van der Waals surface area contributed by atoms with E-state index in [0.29, 0.717) is 0 Å². The summed E-state index contributed by atoms with van der Waals surface area (Å²) < 4.78 is 0. The Kier molecular flexibility index (Phi) is 4.40. The summed E-state index contributed by atoms with van der Waals surface area (Å²) in [5, 5.41) is 13.7. The predicted octanol–water partition coefficient (Wildman–Crippen LogP) is 3.45. The Morgan fingerprint density at radius 2 is 1.62 bits per heavy atom. The minimum atomic E-state index is -0.288. The fraction of sp³-hybridized carbons (Fsp3) is 0.182. The van der Waals surface area contributed by atoms with Crippen LogP contribution in [0.25, 0.3) is 23.4 Å². The van der Waals surface area contributed by atoms with Crippen LogP contribution in [0, 0.1) is 10.1 Å². The first kappa shape index (κ1) is 16.3. The number of nitro groups is 1. The zero-order valence-corrected chi connectivity index (χ0v) is 14.4. The van der Waals surface area contributed by atoms with Crippen LogP contribution in [-0.4, -0.2) is 16.5 Å². The molecule has 1 aliphatic rings. The van der Waals surface area contributed by atoms with Gasteiger partial charge in [-0.15, -0.1) is 0 Å². The van der Waals surface area contributed by atoms with Crippen molar-refractivity contribution in [2.24, 2.45) is 0 Å². The van der Waals surface area contributed by atoms with Gasteiger partial charge in [-0.2, -0.15) is 0 Å². The molecular formula is C22H20N2O2. The number of H-pyrrole nitrogens is 1. The first-order chi connectivity index (χ1) is 12.7. The van der Waals surface area contributed by atoms with E-state index >= 15 is 0 Å². The number of benzene rings is 2. The van der Waals surface area contributed by atoms with Crippen LogP contribution in [0.1, 0.15) is 29.9 Å². The minimum Gasteiger partial charge on any atom is -0.355 e. The largest absolute Gasteiger partial charge is 0.355 e. The van der Waals surface area contributed by atoms with Gasteiger partial charge in [-0.1, -0.05) is 72.8 Å². The second-order valence-corrected chi connectivity index (χ2v) is 6.57.